The molecule has 3 rings (SSSR count). The van der Waals surface area contributed by atoms with E-state index in [-0.39, 0.29) is 6.04 Å². The van der Waals surface area contributed by atoms with Crippen LogP contribution in [0.15, 0.2) is 30.3 Å². The lowest BCUT2D eigenvalue weighted by molar-refractivity contribution is -0.142. The first-order chi connectivity index (χ1) is 9.63. The van der Waals surface area contributed by atoms with Crippen molar-refractivity contribution < 1.29 is 9.90 Å². The number of rotatable bonds is 3. The number of benzene rings is 1. The summed E-state index contributed by atoms with van der Waals surface area (Å²) in [7, 11) is 0. The Bertz CT molecular complexity index is 654. The first-order valence-electron chi connectivity index (χ1n) is 6.96. The fraction of sp³-hybridized carbons (Fsp3) is 0.375. The molecule has 2 heterocycles. The number of aromatic nitrogens is 1. The monoisotopic (exact) mass is 270 g/mol. The highest BCUT2D eigenvalue weighted by Gasteiger charge is 2.30. The predicted octanol–water partition coefficient (Wildman–Crippen LogP) is 2.59. The predicted molar refractivity (Wildman–Crippen MR) is 77.5 cm³/mol. The van der Waals surface area contributed by atoms with Gasteiger partial charge in [-0.3, -0.25) is 14.7 Å². The van der Waals surface area contributed by atoms with Gasteiger partial charge in [0.25, 0.3) is 0 Å². The highest BCUT2D eigenvalue weighted by molar-refractivity contribution is 5.79. The van der Waals surface area contributed by atoms with E-state index in [4.69, 9.17) is 0 Å². The second-order valence-electron chi connectivity index (χ2n) is 5.45. The van der Waals surface area contributed by atoms with Crippen molar-refractivity contribution >= 4 is 16.9 Å². The standard InChI is InChI=1S/C16H18N2O2/c1-11-4-6-13-9-12(5-7-14(13)17-11)10-18-8-2-3-15(18)16(19)20/h4-7,9,15H,2-3,8,10H2,1H3,(H,19,20)/t15-/m1/s1. The number of carboxylic acid groups (broad SMARTS) is 1. The number of carbonyl (C=O) groups is 1. The van der Waals surface area contributed by atoms with Crippen LogP contribution in [0.25, 0.3) is 10.9 Å². The van der Waals surface area contributed by atoms with Crippen molar-refractivity contribution in [3.05, 3.63) is 41.6 Å². The van der Waals surface area contributed by atoms with Crippen molar-refractivity contribution in [3.63, 3.8) is 0 Å². The molecule has 0 radical (unpaired) electrons. The first-order valence-corrected chi connectivity index (χ1v) is 6.96. The van der Waals surface area contributed by atoms with Crippen LogP contribution in [0.5, 0.6) is 0 Å². The molecule has 1 atom stereocenters. The van der Waals surface area contributed by atoms with Gasteiger partial charge >= 0.3 is 5.97 Å². The summed E-state index contributed by atoms with van der Waals surface area (Å²) in [6.07, 6.45) is 1.72. The van der Waals surface area contributed by atoms with Crippen LogP contribution in [0.1, 0.15) is 24.1 Å². The molecular weight excluding hydrogens is 252 g/mol. The maximum Gasteiger partial charge on any atom is 0.320 e. The number of aliphatic carboxylic acids is 1. The Hall–Kier alpha value is -1.94. The minimum atomic E-state index is -0.708. The second-order valence-corrected chi connectivity index (χ2v) is 5.45. The molecule has 0 amide bonds. The SMILES string of the molecule is Cc1ccc2cc(CN3CCC[C@@H]3C(=O)O)ccc2n1. The number of aryl methyl sites for hydroxylation is 1. The van der Waals surface area contributed by atoms with E-state index in [2.05, 4.69) is 17.1 Å². The number of nitrogens with zero attached hydrogens (tertiary/aromatic N) is 2. The lowest BCUT2D eigenvalue weighted by Crippen LogP contribution is -2.35. The van der Waals surface area contributed by atoms with Gasteiger partial charge in [0.05, 0.1) is 5.52 Å². The minimum absolute atomic E-state index is 0.332. The average Bonchev–Trinajstić information content (AvgIpc) is 2.87. The molecule has 1 N–H and O–H groups in total. The summed E-state index contributed by atoms with van der Waals surface area (Å²) in [5.41, 5.74) is 3.15. The van der Waals surface area contributed by atoms with Crippen LogP contribution in [-0.4, -0.2) is 33.5 Å². The number of fused-ring (bicyclic) bond motifs is 1. The Morgan fingerprint density at radius 3 is 3.05 bits per heavy atom. The van der Waals surface area contributed by atoms with E-state index in [0.29, 0.717) is 6.54 Å². The lowest BCUT2D eigenvalue weighted by atomic mass is 10.1. The summed E-state index contributed by atoms with van der Waals surface area (Å²) >= 11 is 0. The topological polar surface area (TPSA) is 53.4 Å². The summed E-state index contributed by atoms with van der Waals surface area (Å²) in [5, 5.41) is 10.3. The molecule has 1 aromatic carbocycles. The largest absolute Gasteiger partial charge is 0.480 e. The van der Waals surface area contributed by atoms with E-state index >= 15 is 0 Å². The molecule has 4 nitrogen and oxygen atoms in total. The van der Waals surface area contributed by atoms with Crippen molar-refractivity contribution in [1.82, 2.24) is 9.88 Å². The second kappa shape index (κ2) is 5.21. The molecular formula is C16H18N2O2. The molecule has 2 aromatic rings. The molecule has 1 fully saturated rings. The van der Waals surface area contributed by atoms with Gasteiger partial charge in [-0.2, -0.15) is 0 Å². The van der Waals surface area contributed by atoms with Crippen molar-refractivity contribution in [2.45, 2.75) is 32.4 Å². The fourth-order valence-corrected chi connectivity index (χ4v) is 2.90. The summed E-state index contributed by atoms with van der Waals surface area (Å²) in [6, 6.07) is 9.91. The van der Waals surface area contributed by atoms with Crippen molar-refractivity contribution in [1.29, 1.82) is 0 Å². The highest BCUT2D eigenvalue weighted by atomic mass is 16.4. The quantitative estimate of drug-likeness (QED) is 0.931. The minimum Gasteiger partial charge on any atom is -0.480 e. The van der Waals surface area contributed by atoms with Gasteiger partial charge in [-0.1, -0.05) is 12.1 Å². The van der Waals surface area contributed by atoms with Gasteiger partial charge in [0.1, 0.15) is 6.04 Å². The van der Waals surface area contributed by atoms with Crippen LogP contribution in [0.4, 0.5) is 0 Å². The number of likely N-dealkylation sites (tertiary alicyclic amines) is 1. The van der Waals surface area contributed by atoms with E-state index in [0.717, 1.165) is 41.5 Å². The van der Waals surface area contributed by atoms with Crippen molar-refractivity contribution in [2.75, 3.05) is 6.54 Å². The molecule has 0 saturated carbocycles. The molecule has 1 aliphatic rings. The molecule has 0 spiro atoms. The van der Waals surface area contributed by atoms with Crippen molar-refractivity contribution in [2.24, 2.45) is 0 Å². The Kier molecular flexibility index (Phi) is 3.40. The van der Waals surface area contributed by atoms with E-state index in [1.807, 2.05) is 30.0 Å². The van der Waals surface area contributed by atoms with Gasteiger partial charge in [0.15, 0.2) is 0 Å². The Labute approximate surface area is 118 Å². The summed E-state index contributed by atoms with van der Waals surface area (Å²) in [6.45, 7) is 3.54. The Morgan fingerprint density at radius 1 is 1.40 bits per heavy atom. The zero-order valence-corrected chi connectivity index (χ0v) is 11.5. The Morgan fingerprint density at radius 2 is 2.25 bits per heavy atom. The van der Waals surface area contributed by atoms with E-state index < -0.39 is 5.97 Å². The van der Waals surface area contributed by atoms with Gasteiger partial charge in [-0.15, -0.1) is 0 Å². The van der Waals surface area contributed by atoms with Crippen LogP contribution in [0.2, 0.25) is 0 Å². The summed E-state index contributed by atoms with van der Waals surface area (Å²) in [4.78, 5) is 17.7. The van der Waals surface area contributed by atoms with Crippen LogP contribution in [0, 0.1) is 6.92 Å². The van der Waals surface area contributed by atoms with Gasteiger partial charge in [0, 0.05) is 17.6 Å². The zero-order valence-electron chi connectivity index (χ0n) is 11.5. The molecule has 4 heteroatoms. The molecule has 1 saturated heterocycles. The van der Waals surface area contributed by atoms with E-state index in [9.17, 15) is 9.90 Å². The number of hydrogen-bond donors (Lipinski definition) is 1. The maximum absolute atomic E-state index is 11.2. The van der Waals surface area contributed by atoms with E-state index in [1.165, 1.54) is 0 Å². The maximum atomic E-state index is 11.2. The third-order valence-corrected chi connectivity index (χ3v) is 3.93. The number of pyridine rings is 1. The highest BCUT2D eigenvalue weighted by Crippen LogP contribution is 2.22. The molecule has 20 heavy (non-hydrogen) atoms. The molecule has 1 aromatic heterocycles. The molecule has 0 aliphatic carbocycles. The summed E-state index contributed by atoms with van der Waals surface area (Å²) < 4.78 is 0. The molecule has 0 unspecified atom stereocenters. The van der Waals surface area contributed by atoms with Gasteiger partial charge in [0.2, 0.25) is 0 Å². The molecule has 0 bridgehead atoms. The first kappa shape index (κ1) is 13.1. The fourth-order valence-electron chi connectivity index (χ4n) is 2.90. The van der Waals surface area contributed by atoms with Crippen LogP contribution >= 0.6 is 0 Å². The van der Waals surface area contributed by atoms with Crippen molar-refractivity contribution in [3.8, 4) is 0 Å². The van der Waals surface area contributed by atoms with Gasteiger partial charge in [-0.05, 0) is 50.1 Å². The smallest absolute Gasteiger partial charge is 0.320 e. The zero-order chi connectivity index (χ0) is 14.1. The third kappa shape index (κ3) is 2.51. The Balaban J connectivity index is 1.84. The molecule has 104 valence electrons. The normalized spacial score (nSPS) is 19.6. The summed E-state index contributed by atoms with van der Waals surface area (Å²) in [5.74, 6) is -0.708. The lowest BCUT2D eigenvalue weighted by Gasteiger charge is -2.21. The van der Waals surface area contributed by atoms with Crippen LogP contribution in [-0.2, 0) is 11.3 Å². The van der Waals surface area contributed by atoms with Crippen LogP contribution < -0.4 is 0 Å². The van der Waals surface area contributed by atoms with Crippen LogP contribution in [0.3, 0.4) is 0 Å². The number of carboxylic acids is 1. The van der Waals surface area contributed by atoms with E-state index in [1.54, 1.807) is 0 Å². The number of hydrogen-bond acceptors (Lipinski definition) is 3. The van der Waals surface area contributed by atoms with Gasteiger partial charge < -0.3 is 5.11 Å². The molecule has 1 aliphatic heterocycles. The third-order valence-electron chi connectivity index (χ3n) is 3.93. The van der Waals surface area contributed by atoms with Gasteiger partial charge in [-0.25, -0.2) is 0 Å². The average molecular weight is 270 g/mol.